The van der Waals surface area contributed by atoms with E-state index < -0.39 is 0 Å². The molecule has 6 heteroatoms. The number of hydrogen-bond acceptors (Lipinski definition) is 3. The summed E-state index contributed by atoms with van der Waals surface area (Å²) in [4.78, 5) is 12.4. The zero-order valence-electron chi connectivity index (χ0n) is 12.5. The molecule has 2 aromatic rings. The highest BCUT2D eigenvalue weighted by molar-refractivity contribution is 5.92. The van der Waals surface area contributed by atoms with Crippen molar-refractivity contribution in [3.05, 3.63) is 41.8 Å². The number of hydrogen-bond donors (Lipinski definition) is 2. The van der Waals surface area contributed by atoms with Crippen molar-refractivity contribution in [2.45, 2.75) is 19.8 Å². The van der Waals surface area contributed by atoms with E-state index >= 15 is 0 Å². The Bertz CT molecular complexity index is 659. The predicted molar refractivity (Wildman–Crippen MR) is 82.5 cm³/mol. The molecule has 0 spiro atoms. The first-order valence-corrected chi connectivity index (χ1v) is 7.47. The van der Waals surface area contributed by atoms with E-state index in [1.54, 1.807) is 16.8 Å². The minimum Gasteiger partial charge on any atom is -0.316 e. The van der Waals surface area contributed by atoms with Crippen LogP contribution in [-0.2, 0) is 4.79 Å². The second-order valence-electron chi connectivity index (χ2n) is 5.59. The van der Waals surface area contributed by atoms with Crippen molar-refractivity contribution < 1.29 is 9.18 Å². The molecule has 1 aliphatic heterocycles. The number of benzene rings is 1. The molecule has 5 nitrogen and oxygen atoms in total. The number of carbonyl (C=O) groups is 1. The third kappa shape index (κ3) is 3.17. The van der Waals surface area contributed by atoms with E-state index in [0.717, 1.165) is 25.1 Å². The Hall–Kier alpha value is -2.21. The van der Waals surface area contributed by atoms with Gasteiger partial charge in [0.2, 0.25) is 5.91 Å². The molecule has 1 atom stereocenters. The first-order chi connectivity index (χ1) is 10.6. The van der Waals surface area contributed by atoms with E-state index in [4.69, 9.17) is 0 Å². The lowest BCUT2D eigenvalue weighted by atomic mass is 9.99. The largest absolute Gasteiger partial charge is 0.316 e. The molecule has 0 radical (unpaired) electrons. The molecule has 1 fully saturated rings. The predicted octanol–water partition coefficient (Wildman–Crippen LogP) is 2.26. The quantitative estimate of drug-likeness (QED) is 0.914. The number of amides is 1. The van der Waals surface area contributed by atoms with E-state index in [0.29, 0.717) is 18.1 Å². The normalized spacial score (nSPS) is 18.2. The van der Waals surface area contributed by atoms with Crippen LogP contribution in [0.25, 0.3) is 5.69 Å². The molecule has 0 aliphatic carbocycles. The number of piperidine rings is 1. The zero-order chi connectivity index (χ0) is 15.5. The number of nitrogens with zero attached hydrogens (tertiary/aromatic N) is 2. The van der Waals surface area contributed by atoms with Crippen LogP contribution in [0.4, 0.5) is 10.2 Å². The lowest BCUT2D eigenvalue weighted by molar-refractivity contribution is -0.120. The van der Waals surface area contributed by atoms with Gasteiger partial charge in [-0.3, -0.25) is 4.79 Å². The molecular weight excluding hydrogens is 283 g/mol. The zero-order valence-corrected chi connectivity index (χ0v) is 12.5. The van der Waals surface area contributed by atoms with Crippen molar-refractivity contribution in [3.63, 3.8) is 0 Å². The van der Waals surface area contributed by atoms with Gasteiger partial charge in [-0.25, -0.2) is 9.07 Å². The molecule has 2 heterocycles. The number of halogens is 1. The van der Waals surface area contributed by atoms with E-state index in [1.165, 1.54) is 12.1 Å². The van der Waals surface area contributed by atoms with Gasteiger partial charge >= 0.3 is 0 Å². The molecule has 0 saturated carbocycles. The van der Waals surface area contributed by atoms with Crippen LogP contribution in [0.5, 0.6) is 0 Å². The van der Waals surface area contributed by atoms with Gasteiger partial charge in [0, 0.05) is 12.6 Å². The molecule has 116 valence electrons. The highest BCUT2D eigenvalue weighted by atomic mass is 19.1. The van der Waals surface area contributed by atoms with Crippen LogP contribution < -0.4 is 10.6 Å². The van der Waals surface area contributed by atoms with Crippen LogP contribution in [0.15, 0.2) is 30.3 Å². The van der Waals surface area contributed by atoms with Crippen LogP contribution in [0, 0.1) is 18.7 Å². The maximum absolute atomic E-state index is 13.1. The number of anilines is 1. The number of aromatic nitrogens is 2. The lowest BCUT2D eigenvalue weighted by Gasteiger charge is -2.22. The Morgan fingerprint density at radius 1 is 1.41 bits per heavy atom. The Labute approximate surface area is 128 Å². The summed E-state index contributed by atoms with van der Waals surface area (Å²) < 4.78 is 14.7. The molecule has 22 heavy (non-hydrogen) atoms. The van der Waals surface area contributed by atoms with Crippen molar-refractivity contribution in [2.24, 2.45) is 5.92 Å². The van der Waals surface area contributed by atoms with Crippen molar-refractivity contribution >= 4 is 11.7 Å². The fourth-order valence-corrected chi connectivity index (χ4v) is 2.67. The van der Waals surface area contributed by atoms with E-state index in [2.05, 4.69) is 15.7 Å². The molecule has 1 aromatic heterocycles. The Balaban J connectivity index is 1.81. The summed E-state index contributed by atoms with van der Waals surface area (Å²) in [6.07, 6.45) is 1.90. The third-order valence-corrected chi connectivity index (χ3v) is 3.82. The number of aryl methyl sites for hydroxylation is 1. The van der Waals surface area contributed by atoms with Crippen molar-refractivity contribution in [1.82, 2.24) is 15.1 Å². The second kappa shape index (κ2) is 6.27. The van der Waals surface area contributed by atoms with Gasteiger partial charge in [-0.15, -0.1) is 0 Å². The third-order valence-electron chi connectivity index (χ3n) is 3.82. The van der Waals surface area contributed by atoms with Crippen LogP contribution in [0.1, 0.15) is 18.5 Å². The molecule has 1 amide bonds. The highest BCUT2D eigenvalue weighted by Gasteiger charge is 2.22. The van der Waals surface area contributed by atoms with Gasteiger partial charge in [-0.05, 0) is 50.6 Å². The van der Waals surface area contributed by atoms with Crippen LogP contribution in [0.3, 0.4) is 0 Å². The van der Waals surface area contributed by atoms with Gasteiger partial charge in [0.25, 0.3) is 0 Å². The molecule has 2 N–H and O–H groups in total. The molecule has 1 aliphatic rings. The molecule has 1 saturated heterocycles. The van der Waals surface area contributed by atoms with Crippen LogP contribution in [-0.4, -0.2) is 28.8 Å². The van der Waals surface area contributed by atoms with Gasteiger partial charge in [-0.1, -0.05) is 0 Å². The smallest absolute Gasteiger partial charge is 0.229 e. The van der Waals surface area contributed by atoms with Crippen molar-refractivity contribution in [1.29, 1.82) is 0 Å². The van der Waals surface area contributed by atoms with Crippen molar-refractivity contribution in [2.75, 3.05) is 18.4 Å². The Morgan fingerprint density at radius 3 is 2.86 bits per heavy atom. The van der Waals surface area contributed by atoms with Gasteiger partial charge in [-0.2, -0.15) is 5.10 Å². The molecular formula is C16H19FN4O. The SMILES string of the molecule is Cc1cc(NC(=O)C2CCCNC2)n(-c2ccc(F)cc2)n1. The van der Waals surface area contributed by atoms with Gasteiger partial charge in [0.05, 0.1) is 17.3 Å². The highest BCUT2D eigenvalue weighted by Crippen LogP contribution is 2.19. The number of nitrogens with one attached hydrogen (secondary N) is 2. The molecule has 1 unspecified atom stereocenters. The minimum absolute atomic E-state index is 0.00420. The van der Waals surface area contributed by atoms with E-state index in [1.807, 2.05) is 13.0 Å². The molecule has 1 aromatic carbocycles. The fraction of sp³-hybridized carbons (Fsp3) is 0.375. The maximum Gasteiger partial charge on any atom is 0.229 e. The van der Waals surface area contributed by atoms with E-state index in [9.17, 15) is 9.18 Å². The lowest BCUT2D eigenvalue weighted by Crippen LogP contribution is -2.37. The summed E-state index contributed by atoms with van der Waals surface area (Å²) >= 11 is 0. The average molecular weight is 302 g/mol. The number of carbonyl (C=O) groups excluding carboxylic acids is 1. The van der Waals surface area contributed by atoms with Crippen molar-refractivity contribution in [3.8, 4) is 5.69 Å². The fourth-order valence-electron chi connectivity index (χ4n) is 2.67. The van der Waals surface area contributed by atoms with Crippen LogP contribution in [0.2, 0.25) is 0 Å². The van der Waals surface area contributed by atoms with Crippen LogP contribution >= 0.6 is 0 Å². The van der Waals surface area contributed by atoms with Gasteiger partial charge in [0.1, 0.15) is 11.6 Å². The average Bonchev–Trinajstić information content (AvgIpc) is 2.89. The molecule has 3 rings (SSSR count). The summed E-state index contributed by atoms with van der Waals surface area (Å²) in [5, 5.41) is 10.5. The summed E-state index contributed by atoms with van der Waals surface area (Å²) in [6, 6.07) is 7.85. The summed E-state index contributed by atoms with van der Waals surface area (Å²) in [7, 11) is 0. The monoisotopic (exact) mass is 302 g/mol. The van der Waals surface area contributed by atoms with E-state index in [-0.39, 0.29) is 17.6 Å². The van der Waals surface area contributed by atoms with Gasteiger partial charge < -0.3 is 10.6 Å². The van der Waals surface area contributed by atoms with Gasteiger partial charge in [0.15, 0.2) is 0 Å². The maximum atomic E-state index is 13.1. The Morgan fingerprint density at radius 2 is 2.18 bits per heavy atom. The second-order valence-corrected chi connectivity index (χ2v) is 5.59. The molecule has 0 bridgehead atoms. The Kier molecular flexibility index (Phi) is 4.20. The standard InChI is InChI=1S/C16H19FN4O/c1-11-9-15(19-16(22)12-3-2-8-18-10-12)21(20-11)14-6-4-13(17)5-7-14/h4-7,9,12,18H,2-3,8,10H2,1H3,(H,19,22). The topological polar surface area (TPSA) is 59.0 Å². The summed E-state index contributed by atoms with van der Waals surface area (Å²) in [6.45, 7) is 3.53. The number of rotatable bonds is 3. The first kappa shape index (κ1) is 14.7. The summed E-state index contributed by atoms with van der Waals surface area (Å²) in [5.74, 6) is 0.285. The summed E-state index contributed by atoms with van der Waals surface area (Å²) in [5.41, 5.74) is 1.51. The first-order valence-electron chi connectivity index (χ1n) is 7.47. The minimum atomic E-state index is -0.300.